The van der Waals surface area contributed by atoms with E-state index in [2.05, 4.69) is 5.32 Å². The number of aliphatic hydroxyl groups is 2. The van der Waals surface area contributed by atoms with Crippen LogP contribution >= 0.6 is 0 Å². The molecule has 1 heterocycles. The van der Waals surface area contributed by atoms with E-state index < -0.39 is 151 Å². The van der Waals surface area contributed by atoms with E-state index in [1.54, 1.807) is 69.3 Å². The van der Waals surface area contributed by atoms with Gasteiger partial charge in [0.15, 0.2) is 37.2 Å². The summed E-state index contributed by atoms with van der Waals surface area (Å²) in [6.07, 6.45) is -10.4. The lowest BCUT2D eigenvalue weighted by molar-refractivity contribution is -0.348. The van der Waals surface area contributed by atoms with Crippen molar-refractivity contribution in [3.63, 3.8) is 0 Å². The normalized spacial score (nSPS) is 31.0. The first-order valence-corrected chi connectivity index (χ1v) is 26.0. The van der Waals surface area contributed by atoms with E-state index in [-0.39, 0.29) is 28.7 Å². The number of ketones is 1. The van der Waals surface area contributed by atoms with Gasteiger partial charge in [-0.2, -0.15) is 0 Å². The van der Waals surface area contributed by atoms with Crippen molar-refractivity contribution in [2.24, 2.45) is 16.7 Å². The maximum atomic E-state index is 16.0. The number of amides is 1. The van der Waals surface area contributed by atoms with Crippen LogP contribution in [0.4, 0.5) is 4.79 Å². The lowest BCUT2D eigenvalue weighted by atomic mass is 9.44. The minimum atomic E-state index is -4.04. The van der Waals surface area contributed by atoms with E-state index in [4.69, 9.17) is 33.2 Å². The second-order valence-electron chi connectivity index (χ2n) is 19.9. The molecule has 1 amide bonds. The Hall–Kier alpha value is -4.77. The third-order valence-electron chi connectivity index (χ3n) is 13.4. The summed E-state index contributed by atoms with van der Waals surface area (Å²) in [5, 5.41) is 28.2. The van der Waals surface area contributed by atoms with Gasteiger partial charge in [0, 0.05) is 37.7 Å². The highest BCUT2D eigenvalue weighted by Gasteiger charge is 2.78. The number of rotatable bonds is 14. The number of carbonyl (C=O) groups excluding carboxylic acids is 5. The number of aliphatic hydroxyl groups excluding tert-OH is 1. The Morgan fingerprint density at radius 3 is 2.00 bits per heavy atom. The number of ether oxygens (including phenoxy) is 7. The van der Waals surface area contributed by atoms with Gasteiger partial charge < -0.3 is 48.7 Å². The fourth-order valence-electron chi connectivity index (χ4n) is 10.3. The van der Waals surface area contributed by atoms with Crippen molar-refractivity contribution in [3.8, 4) is 0 Å². The second kappa shape index (κ2) is 18.9. The first-order valence-electron chi connectivity index (χ1n) is 21.9. The minimum absolute atomic E-state index is 0.000264. The van der Waals surface area contributed by atoms with Gasteiger partial charge >= 0.3 is 24.0 Å². The van der Waals surface area contributed by atoms with E-state index in [0.29, 0.717) is 0 Å². The number of benzene rings is 2. The predicted molar refractivity (Wildman–Crippen MR) is 241 cm³/mol. The molecular weight excluding hydrogens is 931 g/mol. The Morgan fingerprint density at radius 2 is 1.47 bits per heavy atom. The van der Waals surface area contributed by atoms with Gasteiger partial charge in [-0.3, -0.25) is 9.59 Å². The molecule has 0 spiro atoms. The highest BCUT2D eigenvalue weighted by Crippen LogP contribution is 2.65. The number of esters is 3. The maximum absolute atomic E-state index is 16.0. The molecule has 2 aromatic rings. The maximum Gasteiger partial charge on any atom is 0.408 e. The lowest BCUT2D eigenvalue weighted by Gasteiger charge is -2.68. The molecular formula is C47H61NO18S2. The van der Waals surface area contributed by atoms with E-state index >= 15 is 4.79 Å². The minimum Gasteiger partial charge on any atom is -0.456 e. The Morgan fingerprint density at radius 1 is 0.897 bits per heavy atom. The first kappa shape index (κ1) is 52.6. The highest BCUT2D eigenvalue weighted by molar-refractivity contribution is 7.90. The average Bonchev–Trinajstić information content (AvgIpc) is 3.22. The van der Waals surface area contributed by atoms with Crippen molar-refractivity contribution < 1.29 is 84.2 Å². The molecule has 0 radical (unpaired) electrons. The topological polar surface area (TPSA) is 271 Å². The smallest absolute Gasteiger partial charge is 0.408 e. The monoisotopic (exact) mass is 991 g/mol. The number of hydrogen-bond donors (Lipinski definition) is 3. The summed E-state index contributed by atoms with van der Waals surface area (Å²) >= 11 is 0. The fourth-order valence-corrected chi connectivity index (χ4v) is 11.1. The van der Waals surface area contributed by atoms with Gasteiger partial charge in [0.2, 0.25) is 0 Å². The van der Waals surface area contributed by atoms with Crippen LogP contribution in [0.2, 0.25) is 0 Å². The molecule has 2 bridgehead atoms. The molecule has 2 saturated carbocycles. The Bertz CT molecular complexity index is 2540. The summed E-state index contributed by atoms with van der Waals surface area (Å²) in [5.74, 6) is -7.80. The Labute approximate surface area is 396 Å². The van der Waals surface area contributed by atoms with Crippen LogP contribution in [0.5, 0.6) is 0 Å². The van der Waals surface area contributed by atoms with Crippen molar-refractivity contribution in [2.75, 3.05) is 31.0 Å². The molecule has 0 aromatic heterocycles. The molecule has 3 aliphatic carbocycles. The molecule has 21 heteroatoms. The molecule has 68 heavy (non-hydrogen) atoms. The summed E-state index contributed by atoms with van der Waals surface area (Å²) in [6, 6.07) is 14.2. The summed E-state index contributed by atoms with van der Waals surface area (Å²) in [7, 11) is -7.96. The lowest BCUT2D eigenvalue weighted by Crippen LogP contribution is -2.82. The van der Waals surface area contributed by atoms with E-state index in [0.717, 1.165) is 19.4 Å². The second-order valence-corrected chi connectivity index (χ2v) is 24.1. The number of sulfone groups is 2. The molecule has 6 rings (SSSR count). The number of carbonyl (C=O) groups is 5. The first-order chi connectivity index (χ1) is 31.4. The van der Waals surface area contributed by atoms with Crippen LogP contribution in [0.1, 0.15) is 90.2 Å². The zero-order valence-corrected chi connectivity index (χ0v) is 41.3. The SMILES string of the molecule is CC(=O)O[C@@]12CO[C@@H]1C[C@H](OCS(C)(=O)=O)[C@@]1(C)C(=O)[C@H](OCS(C)(=O)=O)C3=C(C)[C@@H](OC(=O)[C@H](O)[C@@H](NC(=O)OC(C)(C)C)c4ccccc4)C[C@@](O)([C@@H](OC(=O)c4ccccc4)[C@H]21)C3(C)C. The summed E-state index contributed by atoms with van der Waals surface area (Å²) in [5.41, 5.74) is -9.13. The Balaban J connectivity index is 1.60. The van der Waals surface area contributed by atoms with Crippen molar-refractivity contribution in [2.45, 2.75) is 128 Å². The van der Waals surface area contributed by atoms with Gasteiger partial charge in [-0.1, -0.05) is 62.4 Å². The number of Topliss-reactive ketones (excluding diaryl/α,β-unsaturated/α-hetero) is 1. The van der Waals surface area contributed by atoms with Crippen LogP contribution in [-0.2, 0) is 67.2 Å². The molecule has 374 valence electrons. The van der Waals surface area contributed by atoms with E-state index in [1.165, 1.54) is 39.8 Å². The number of fused-ring (bicyclic) bond motifs is 5. The van der Waals surface area contributed by atoms with E-state index in [1.807, 2.05) is 0 Å². The van der Waals surface area contributed by atoms with Crippen LogP contribution in [0.15, 0.2) is 71.8 Å². The fraction of sp³-hybridized carbons (Fsp3) is 0.596. The van der Waals surface area contributed by atoms with Gasteiger partial charge in [-0.05, 0) is 63.5 Å². The van der Waals surface area contributed by atoms with Crippen LogP contribution in [0, 0.1) is 16.7 Å². The molecule has 3 fully saturated rings. The van der Waals surface area contributed by atoms with Gasteiger partial charge in [0.1, 0.15) is 47.5 Å². The summed E-state index contributed by atoms with van der Waals surface area (Å²) in [6.45, 7) is 11.4. The summed E-state index contributed by atoms with van der Waals surface area (Å²) in [4.78, 5) is 71.3. The van der Waals surface area contributed by atoms with Crippen LogP contribution in [0.25, 0.3) is 0 Å². The molecule has 1 aliphatic heterocycles. The van der Waals surface area contributed by atoms with Crippen molar-refractivity contribution in [3.05, 3.63) is 82.9 Å². The van der Waals surface area contributed by atoms with Crippen LogP contribution in [0.3, 0.4) is 0 Å². The highest BCUT2D eigenvalue weighted by atomic mass is 32.2. The molecule has 4 aliphatic rings. The largest absolute Gasteiger partial charge is 0.456 e. The summed E-state index contributed by atoms with van der Waals surface area (Å²) < 4.78 is 93.5. The standard InChI is InChI=1S/C47H61NO18S2/c1-26-30(63-41(53)35(50)34(28-17-13-11-14-18-28)48-42(54)66-43(3,4)5)22-47(55)39(64-40(52)29-19-15-12-16-20-29)37-45(8,38(51)36(33(26)44(47,6)7)62-25-68(10,58)59)31(61-24-67(9,56)57)21-32-46(37,23-60-32)65-27(2)49/h11-20,30-32,34-37,39,50,55H,21-25H2,1-10H3,(H,48,54)/t30-,31-,32+,34-,35+,36+,37-,39-,45+,46-,47+/m0/s1. The van der Waals surface area contributed by atoms with Crippen molar-refractivity contribution in [1.29, 1.82) is 0 Å². The molecule has 1 saturated heterocycles. The van der Waals surface area contributed by atoms with Gasteiger partial charge in [0.05, 0.1) is 35.6 Å². The van der Waals surface area contributed by atoms with Crippen LogP contribution in [-0.4, -0.2) is 141 Å². The third-order valence-corrected chi connectivity index (χ3v) is 14.6. The average molecular weight is 992 g/mol. The zero-order chi connectivity index (χ0) is 50.6. The molecule has 0 unspecified atom stereocenters. The Kier molecular flexibility index (Phi) is 14.6. The quantitative estimate of drug-likeness (QED) is 0.139. The van der Waals surface area contributed by atoms with Crippen molar-refractivity contribution in [1.82, 2.24) is 5.32 Å². The van der Waals surface area contributed by atoms with Gasteiger partial charge in [0.25, 0.3) is 0 Å². The van der Waals surface area contributed by atoms with Crippen LogP contribution < -0.4 is 5.32 Å². The van der Waals surface area contributed by atoms with Gasteiger partial charge in [-0.25, -0.2) is 31.2 Å². The van der Waals surface area contributed by atoms with Gasteiger partial charge in [-0.15, -0.1) is 0 Å². The van der Waals surface area contributed by atoms with Crippen molar-refractivity contribution >= 4 is 49.5 Å². The molecule has 19 nitrogen and oxygen atoms in total. The molecule has 3 N–H and O–H groups in total. The third kappa shape index (κ3) is 10.2. The molecule has 2 aromatic carbocycles. The number of nitrogens with one attached hydrogen (secondary N) is 1. The number of alkyl carbamates (subject to hydrolysis) is 1. The molecule has 11 atom stereocenters. The zero-order valence-electron chi connectivity index (χ0n) is 39.7. The van der Waals surface area contributed by atoms with E-state index in [9.17, 15) is 46.2 Å². The number of hydrogen-bond acceptors (Lipinski definition) is 18. The predicted octanol–water partition coefficient (Wildman–Crippen LogP) is 3.31.